The molecule has 0 spiro atoms. The fraction of sp³-hybridized carbons (Fsp3) is 0.192. The average molecular weight is 494 g/mol. The maximum atomic E-state index is 12.5. The monoisotopic (exact) mass is 493 g/mol. The lowest BCUT2D eigenvalue weighted by Crippen LogP contribution is -2.27. The van der Waals surface area contributed by atoms with Crippen LogP contribution in [-0.2, 0) is 11.4 Å². The normalized spacial score (nSPS) is 13.6. The molecule has 1 heterocycles. The van der Waals surface area contributed by atoms with Crippen LogP contribution in [-0.4, -0.2) is 18.1 Å². The zero-order chi connectivity index (χ0) is 22.6. The maximum Gasteiger partial charge on any atom is 0.262 e. The molecule has 0 saturated heterocycles. The van der Waals surface area contributed by atoms with Gasteiger partial charge in [0.15, 0.2) is 18.1 Å². The van der Waals surface area contributed by atoms with Gasteiger partial charge < -0.3 is 19.5 Å². The van der Waals surface area contributed by atoms with Crippen LogP contribution in [0.4, 0.5) is 5.69 Å². The summed E-state index contributed by atoms with van der Waals surface area (Å²) in [5, 5.41) is 2.84. The summed E-state index contributed by atoms with van der Waals surface area (Å²) >= 11 is 3.43. The van der Waals surface area contributed by atoms with E-state index in [1.807, 2.05) is 92.7 Å². The van der Waals surface area contributed by atoms with E-state index < -0.39 is 5.60 Å². The predicted molar refractivity (Wildman–Crippen MR) is 129 cm³/mol. The molecule has 0 fully saturated rings. The Balaban J connectivity index is 1.52. The van der Waals surface area contributed by atoms with Crippen LogP contribution >= 0.6 is 15.9 Å². The molecule has 1 N–H and O–H groups in total. The van der Waals surface area contributed by atoms with Crippen LogP contribution in [0.5, 0.6) is 17.2 Å². The first-order chi connectivity index (χ1) is 15.4. The maximum absolute atomic E-state index is 12.5. The number of hydrogen-bond acceptors (Lipinski definition) is 4. The summed E-state index contributed by atoms with van der Waals surface area (Å²) in [6.07, 6.45) is 3.98. The number of amides is 1. The van der Waals surface area contributed by atoms with Crippen LogP contribution in [0.1, 0.15) is 25.0 Å². The van der Waals surface area contributed by atoms with Gasteiger partial charge in [-0.25, -0.2) is 0 Å². The van der Waals surface area contributed by atoms with Gasteiger partial charge in [0.1, 0.15) is 18.0 Å². The van der Waals surface area contributed by atoms with E-state index in [9.17, 15) is 4.79 Å². The number of rotatable bonds is 7. The number of benzene rings is 3. The van der Waals surface area contributed by atoms with Gasteiger partial charge in [0.25, 0.3) is 5.91 Å². The summed E-state index contributed by atoms with van der Waals surface area (Å²) in [7, 11) is 0. The number of fused-ring (bicyclic) bond motifs is 1. The summed E-state index contributed by atoms with van der Waals surface area (Å²) in [6.45, 7) is 4.21. The smallest absolute Gasteiger partial charge is 0.262 e. The number of anilines is 1. The minimum absolute atomic E-state index is 0.155. The van der Waals surface area contributed by atoms with Crippen LogP contribution in [0.3, 0.4) is 0 Å². The van der Waals surface area contributed by atoms with E-state index in [4.69, 9.17) is 14.2 Å². The molecule has 0 atom stereocenters. The summed E-state index contributed by atoms with van der Waals surface area (Å²) in [4.78, 5) is 12.5. The summed E-state index contributed by atoms with van der Waals surface area (Å²) < 4.78 is 18.8. The Bertz CT molecular complexity index is 1140. The Labute approximate surface area is 196 Å². The zero-order valence-corrected chi connectivity index (χ0v) is 19.5. The molecule has 164 valence electrons. The highest BCUT2D eigenvalue weighted by molar-refractivity contribution is 9.10. The van der Waals surface area contributed by atoms with Gasteiger partial charge in [-0.05, 0) is 59.6 Å². The standard InChI is InChI=1S/C26H24BrNO4/c1-26(2)13-12-19-14-23(31-17-25(29)28-21-11-7-6-10-20(21)27)24(15-22(19)32-26)30-16-18-8-4-3-5-9-18/h3-15H,16-17H2,1-2H3,(H,28,29). The van der Waals surface area contributed by atoms with Crippen LogP contribution in [0, 0.1) is 0 Å². The lowest BCUT2D eigenvalue weighted by atomic mass is 10.0. The summed E-state index contributed by atoms with van der Waals surface area (Å²) in [5.41, 5.74) is 2.18. The Kier molecular flexibility index (Phi) is 6.51. The van der Waals surface area contributed by atoms with E-state index in [-0.39, 0.29) is 12.5 Å². The molecule has 1 aliphatic heterocycles. The molecular formula is C26H24BrNO4. The van der Waals surface area contributed by atoms with Crippen molar-refractivity contribution in [2.45, 2.75) is 26.1 Å². The van der Waals surface area contributed by atoms with Crippen molar-refractivity contribution in [3.63, 3.8) is 0 Å². The molecule has 6 heteroatoms. The van der Waals surface area contributed by atoms with E-state index >= 15 is 0 Å². The van der Waals surface area contributed by atoms with Crippen molar-refractivity contribution in [3.05, 3.63) is 88.4 Å². The molecule has 4 rings (SSSR count). The quantitative estimate of drug-likeness (QED) is 0.423. The molecule has 0 bridgehead atoms. The van der Waals surface area contributed by atoms with E-state index in [2.05, 4.69) is 21.2 Å². The van der Waals surface area contributed by atoms with Gasteiger partial charge in [-0.15, -0.1) is 0 Å². The van der Waals surface area contributed by atoms with Crippen LogP contribution in [0.2, 0.25) is 0 Å². The molecule has 1 amide bonds. The van der Waals surface area contributed by atoms with E-state index in [1.165, 1.54) is 0 Å². The third-order valence-electron chi connectivity index (χ3n) is 4.86. The van der Waals surface area contributed by atoms with Gasteiger partial charge in [0.2, 0.25) is 0 Å². The van der Waals surface area contributed by atoms with Crippen molar-refractivity contribution in [2.24, 2.45) is 0 Å². The molecule has 5 nitrogen and oxygen atoms in total. The lowest BCUT2D eigenvalue weighted by molar-refractivity contribution is -0.118. The molecule has 3 aromatic carbocycles. The Morgan fingerprint density at radius 2 is 1.72 bits per heavy atom. The molecule has 0 saturated carbocycles. The van der Waals surface area contributed by atoms with Gasteiger partial charge in [0.05, 0.1) is 5.69 Å². The van der Waals surface area contributed by atoms with Crippen molar-refractivity contribution in [1.29, 1.82) is 0 Å². The molecule has 32 heavy (non-hydrogen) atoms. The number of para-hydroxylation sites is 1. The topological polar surface area (TPSA) is 56.8 Å². The van der Waals surface area contributed by atoms with E-state index in [1.54, 1.807) is 0 Å². The Morgan fingerprint density at radius 3 is 2.50 bits per heavy atom. The average Bonchev–Trinajstić information content (AvgIpc) is 2.78. The van der Waals surface area contributed by atoms with Gasteiger partial charge in [-0.1, -0.05) is 48.5 Å². The number of carbonyl (C=O) groups is 1. The third-order valence-corrected chi connectivity index (χ3v) is 5.55. The van der Waals surface area contributed by atoms with Crippen molar-refractivity contribution >= 4 is 33.6 Å². The van der Waals surface area contributed by atoms with Crippen molar-refractivity contribution < 1.29 is 19.0 Å². The number of nitrogens with one attached hydrogen (secondary N) is 1. The van der Waals surface area contributed by atoms with Crippen molar-refractivity contribution in [1.82, 2.24) is 0 Å². The fourth-order valence-electron chi connectivity index (χ4n) is 3.24. The van der Waals surface area contributed by atoms with Crippen molar-refractivity contribution in [3.8, 4) is 17.2 Å². The molecule has 3 aromatic rings. The zero-order valence-electron chi connectivity index (χ0n) is 17.9. The Morgan fingerprint density at radius 1 is 1.00 bits per heavy atom. The second-order valence-electron chi connectivity index (χ2n) is 7.97. The van der Waals surface area contributed by atoms with Gasteiger partial charge >= 0.3 is 0 Å². The van der Waals surface area contributed by atoms with E-state index in [0.717, 1.165) is 15.6 Å². The highest BCUT2D eigenvalue weighted by Crippen LogP contribution is 2.40. The molecule has 0 radical (unpaired) electrons. The third kappa shape index (κ3) is 5.51. The minimum Gasteiger partial charge on any atom is -0.485 e. The predicted octanol–water partition coefficient (Wildman–Crippen LogP) is 6.23. The summed E-state index contributed by atoms with van der Waals surface area (Å²) in [5.74, 6) is 1.45. The first kappa shape index (κ1) is 22.0. The number of hydrogen-bond donors (Lipinski definition) is 1. The SMILES string of the molecule is CC1(C)C=Cc2cc(OCC(=O)Nc3ccccc3Br)c(OCc3ccccc3)cc2O1. The molecule has 0 unspecified atom stereocenters. The van der Waals surface area contributed by atoms with Crippen LogP contribution in [0.15, 0.2) is 77.3 Å². The van der Waals surface area contributed by atoms with Crippen LogP contribution in [0.25, 0.3) is 6.08 Å². The van der Waals surface area contributed by atoms with Gasteiger partial charge in [0, 0.05) is 16.1 Å². The number of halogens is 1. The number of carbonyl (C=O) groups excluding carboxylic acids is 1. The lowest BCUT2D eigenvalue weighted by Gasteiger charge is -2.28. The molecular weight excluding hydrogens is 470 g/mol. The van der Waals surface area contributed by atoms with Crippen molar-refractivity contribution in [2.75, 3.05) is 11.9 Å². The fourth-order valence-corrected chi connectivity index (χ4v) is 3.62. The first-order valence-corrected chi connectivity index (χ1v) is 11.1. The van der Waals surface area contributed by atoms with Gasteiger partial charge in [-0.3, -0.25) is 4.79 Å². The van der Waals surface area contributed by atoms with E-state index in [0.29, 0.717) is 29.5 Å². The highest BCUT2D eigenvalue weighted by Gasteiger charge is 2.24. The van der Waals surface area contributed by atoms with Crippen LogP contribution < -0.4 is 19.5 Å². The molecule has 0 aromatic heterocycles. The second-order valence-corrected chi connectivity index (χ2v) is 8.82. The second kappa shape index (κ2) is 9.49. The first-order valence-electron chi connectivity index (χ1n) is 10.3. The Hall–Kier alpha value is -3.25. The minimum atomic E-state index is -0.408. The molecule has 0 aliphatic carbocycles. The summed E-state index contributed by atoms with van der Waals surface area (Å²) in [6, 6.07) is 21.0. The highest BCUT2D eigenvalue weighted by atomic mass is 79.9. The van der Waals surface area contributed by atoms with Gasteiger partial charge in [-0.2, -0.15) is 0 Å². The largest absolute Gasteiger partial charge is 0.485 e. The number of ether oxygens (including phenoxy) is 3. The molecule has 1 aliphatic rings.